The van der Waals surface area contributed by atoms with Crippen molar-refractivity contribution >= 4 is 5.97 Å². The summed E-state index contributed by atoms with van der Waals surface area (Å²) in [5, 5.41) is 8.58. The number of carbonyl (C=O) groups is 1. The van der Waals surface area contributed by atoms with E-state index < -0.39 is 11.9 Å². The molecule has 0 aromatic carbocycles. The lowest BCUT2D eigenvalue weighted by Gasteiger charge is -2.07. The van der Waals surface area contributed by atoms with Gasteiger partial charge >= 0.3 is 5.97 Å². The van der Waals surface area contributed by atoms with Gasteiger partial charge in [0.25, 0.3) is 0 Å². The summed E-state index contributed by atoms with van der Waals surface area (Å²) in [5.74, 6) is -1.27. The molecule has 0 aromatic heterocycles. The molecule has 0 fully saturated rings. The van der Waals surface area contributed by atoms with Crippen LogP contribution in [0.25, 0.3) is 0 Å². The summed E-state index contributed by atoms with van der Waals surface area (Å²) >= 11 is 0. The average Bonchev–Trinajstić information content (AvgIpc) is 2.10. The van der Waals surface area contributed by atoms with Gasteiger partial charge < -0.3 is 10.8 Å². The van der Waals surface area contributed by atoms with Crippen LogP contribution in [0.4, 0.5) is 0 Å². The van der Waals surface area contributed by atoms with Crippen molar-refractivity contribution in [3.8, 4) is 0 Å². The van der Waals surface area contributed by atoms with E-state index in [0.717, 1.165) is 12.0 Å². The molecule has 3 N–H and O–H groups in total. The van der Waals surface area contributed by atoms with E-state index in [1.807, 2.05) is 6.92 Å². The molecule has 0 heterocycles. The monoisotopic (exact) mass is 141 g/mol. The SMILES string of the molecule is CC1=C[C@H](C(=O)O)[C@@H](N)C1. The van der Waals surface area contributed by atoms with Crippen LogP contribution in [0.2, 0.25) is 0 Å². The largest absolute Gasteiger partial charge is 0.481 e. The van der Waals surface area contributed by atoms with Gasteiger partial charge in [0, 0.05) is 6.04 Å². The van der Waals surface area contributed by atoms with Crippen LogP contribution >= 0.6 is 0 Å². The molecule has 1 aliphatic carbocycles. The zero-order chi connectivity index (χ0) is 7.72. The van der Waals surface area contributed by atoms with E-state index in [0.29, 0.717) is 0 Å². The van der Waals surface area contributed by atoms with E-state index in [1.165, 1.54) is 0 Å². The second-order valence-corrected chi connectivity index (χ2v) is 2.75. The fourth-order valence-electron chi connectivity index (χ4n) is 1.25. The molecule has 0 aromatic rings. The van der Waals surface area contributed by atoms with Gasteiger partial charge in [-0.3, -0.25) is 4.79 Å². The number of hydrogen-bond donors (Lipinski definition) is 2. The lowest BCUT2D eigenvalue weighted by molar-refractivity contribution is -0.140. The van der Waals surface area contributed by atoms with Crippen LogP contribution in [0.3, 0.4) is 0 Å². The van der Waals surface area contributed by atoms with Gasteiger partial charge in [-0.05, 0) is 13.3 Å². The maximum atomic E-state index is 10.4. The Bertz CT molecular complexity index is 186. The highest BCUT2D eigenvalue weighted by molar-refractivity contribution is 5.74. The minimum absolute atomic E-state index is 0.211. The van der Waals surface area contributed by atoms with Crippen molar-refractivity contribution in [2.75, 3.05) is 0 Å². The number of carboxylic acids is 1. The Hall–Kier alpha value is -0.830. The van der Waals surface area contributed by atoms with Crippen LogP contribution < -0.4 is 5.73 Å². The molecule has 3 nitrogen and oxygen atoms in total. The first kappa shape index (κ1) is 7.28. The number of rotatable bonds is 1. The van der Waals surface area contributed by atoms with Gasteiger partial charge in [-0.25, -0.2) is 0 Å². The smallest absolute Gasteiger partial charge is 0.311 e. The summed E-state index contributed by atoms with van der Waals surface area (Å²) in [6.45, 7) is 1.91. The topological polar surface area (TPSA) is 63.3 Å². The molecule has 0 radical (unpaired) electrons. The Morgan fingerprint density at radius 2 is 2.50 bits per heavy atom. The normalized spacial score (nSPS) is 32.0. The Balaban J connectivity index is 2.69. The van der Waals surface area contributed by atoms with E-state index in [1.54, 1.807) is 6.08 Å². The van der Waals surface area contributed by atoms with Crippen LogP contribution in [0.5, 0.6) is 0 Å². The van der Waals surface area contributed by atoms with Crippen molar-refractivity contribution in [2.24, 2.45) is 11.7 Å². The average molecular weight is 141 g/mol. The Morgan fingerprint density at radius 3 is 2.70 bits per heavy atom. The second kappa shape index (κ2) is 2.42. The fraction of sp³-hybridized carbons (Fsp3) is 0.571. The summed E-state index contributed by atoms with van der Waals surface area (Å²) in [4.78, 5) is 10.4. The summed E-state index contributed by atoms with van der Waals surface area (Å²) in [7, 11) is 0. The first-order valence-corrected chi connectivity index (χ1v) is 3.27. The van der Waals surface area contributed by atoms with Crippen molar-refractivity contribution in [1.29, 1.82) is 0 Å². The van der Waals surface area contributed by atoms with Gasteiger partial charge in [-0.1, -0.05) is 11.6 Å². The van der Waals surface area contributed by atoms with Crippen molar-refractivity contribution in [3.63, 3.8) is 0 Å². The predicted octanol–water partition coefficient (Wildman–Crippen LogP) is 0.365. The highest BCUT2D eigenvalue weighted by Crippen LogP contribution is 2.22. The van der Waals surface area contributed by atoms with E-state index in [2.05, 4.69) is 0 Å². The third-order valence-electron chi connectivity index (χ3n) is 1.77. The zero-order valence-corrected chi connectivity index (χ0v) is 5.87. The summed E-state index contributed by atoms with van der Waals surface area (Å²) in [6, 6.07) is -0.211. The van der Waals surface area contributed by atoms with Gasteiger partial charge in [0.2, 0.25) is 0 Å². The first-order chi connectivity index (χ1) is 4.61. The molecule has 0 aliphatic heterocycles. The number of aliphatic carboxylic acids is 1. The molecular weight excluding hydrogens is 130 g/mol. The lowest BCUT2D eigenvalue weighted by atomic mass is 10.1. The van der Waals surface area contributed by atoms with E-state index in [4.69, 9.17) is 10.8 Å². The van der Waals surface area contributed by atoms with Crippen molar-refractivity contribution in [3.05, 3.63) is 11.6 Å². The molecule has 0 unspecified atom stereocenters. The molecule has 1 rings (SSSR count). The summed E-state index contributed by atoms with van der Waals surface area (Å²) in [5.41, 5.74) is 6.62. The van der Waals surface area contributed by atoms with Gasteiger partial charge in [-0.2, -0.15) is 0 Å². The van der Waals surface area contributed by atoms with Gasteiger partial charge in [0.1, 0.15) is 0 Å². The standard InChI is InChI=1S/C7H11NO2/c1-4-2-5(7(9)10)6(8)3-4/h2,5-6H,3,8H2,1H3,(H,9,10)/t5-,6-/m0/s1. The quantitative estimate of drug-likeness (QED) is 0.518. The van der Waals surface area contributed by atoms with E-state index in [-0.39, 0.29) is 6.04 Å². The number of nitrogens with two attached hydrogens (primary N) is 1. The summed E-state index contributed by atoms with van der Waals surface area (Å²) in [6.07, 6.45) is 2.45. The van der Waals surface area contributed by atoms with Crippen molar-refractivity contribution in [2.45, 2.75) is 19.4 Å². The molecule has 0 saturated carbocycles. The minimum atomic E-state index is -0.815. The molecule has 1 aliphatic rings. The van der Waals surface area contributed by atoms with Crippen LogP contribution in [-0.2, 0) is 4.79 Å². The van der Waals surface area contributed by atoms with Gasteiger partial charge in [0.05, 0.1) is 5.92 Å². The second-order valence-electron chi connectivity index (χ2n) is 2.75. The highest BCUT2D eigenvalue weighted by atomic mass is 16.4. The first-order valence-electron chi connectivity index (χ1n) is 3.27. The maximum absolute atomic E-state index is 10.4. The van der Waals surface area contributed by atoms with Crippen LogP contribution in [0.15, 0.2) is 11.6 Å². The fourth-order valence-corrected chi connectivity index (χ4v) is 1.25. The van der Waals surface area contributed by atoms with Gasteiger partial charge in [0.15, 0.2) is 0 Å². The highest BCUT2D eigenvalue weighted by Gasteiger charge is 2.27. The molecule has 10 heavy (non-hydrogen) atoms. The van der Waals surface area contributed by atoms with Crippen molar-refractivity contribution < 1.29 is 9.90 Å². The maximum Gasteiger partial charge on any atom is 0.311 e. The number of hydrogen-bond acceptors (Lipinski definition) is 2. The lowest BCUT2D eigenvalue weighted by Crippen LogP contribution is -2.30. The van der Waals surface area contributed by atoms with Crippen molar-refractivity contribution in [1.82, 2.24) is 0 Å². The molecule has 3 heteroatoms. The number of carboxylic acid groups (broad SMARTS) is 1. The van der Waals surface area contributed by atoms with Crippen LogP contribution in [-0.4, -0.2) is 17.1 Å². The van der Waals surface area contributed by atoms with Gasteiger partial charge in [-0.15, -0.1) is 0 Å². The zero-order valence-electron chi connectivity index (χ0n) is 5.87. The Morgan fingerprint density at radius 1 is 1.90 bits per heavy atom. The molecule has 0 amide bonds. The molecule has 2 atom stereocenters. The van der Waals surface area contributed by atoms with Crippen LogP contribution in [0.1, 0.15) is 13.3 Å². The minimum Gasteiger partial charge on any atom is -0.481 e. The molecule has 56 valence electrons. The molecular formula is C7H11NO2. The third kappa shape index (κ3) is 1.19. The van der Waals surface area contributed by atoms with Crippen LogP contribution in [0, 0.1) is 5.92 Å². The third-order valence-corrected chi connectivity index (χ3v) is 1.77. The predicted molar refractivity (Wildman–Crippen MR) is 37.5 cm³/mol. The Labute approximate surface area is 59.5 Å². The Kier molecular flexibility index (Phi) is 1.76. The van der Waals surface area contributed by atoms with E-state index >= 15 is 0 Å². The summed E-state index contributed by atoms with van der Waals surface area (Å²) < 4.78 is 0. The van der Waals surface area contributed by atoms with E-state index in [9.17, 15) is 4.79 Å². The molecule has 0 spiro atoms. The molecule has 0 bridgehead atoms. The molecule has 0 saturated heterocycles.